The molecule has 4 heteroatoms. The second-order valence-electron chi connectivity index (χ2n) is 3.41. The van der Waals surface area contributed by atoms with Crippen molar-refractivity contribution in [2.24, 2.45) is 0 Å². The molecule has 1 atom stereocenters. The number of Topliss-reactive ketones (excluding diaryl/α,β-unsaturated/α-hetero) is 1. The van der Waals surface area contributed by atoms with Gasteiger partial charge in [-0.3, -0.25) is 9.59 Å². The van der Waals surface area contributed by atoms with E-state index < -0.39 is 6.04 Å². The van der Waals surface area contributed by atoms with Gasteiger partial charge in [0.05, 0.1) is 17.9 Å². The molecule has 4 nitrogen and oxygen atoms in total. The highest BCUT2D eigenvalue weighted by Gasteiger charge is 2.17. The highest BCUT2D eigenvalue weighted by atomic mass is 16.3. The van der Waals surface area contributed by atoms with E-state index in [1.54, 1.807) is 26.8 Å². The summed E-state index contributed by atoms with van der Waals surface area (Å²) in [6.07, 6.45) is 1.88. The molecule has 1 aromatic heterocycles. The standard InChI is InChI=1S/C11H15NO3/c1-4-10(13)7(2)12-11(14)9-5-6-15-8(9)3/h5-7H,4H2,1-3H3,(H,12,14). The first-order valence-corrected chi connectivity index (χ1v) is 4.94. The van der Waals surface area contributed by atoms with Crippen LogP contribution in [0.4, 0.5) is 0 Å². The molecule has 82 valence electrons. The molecule has 0 aromatic carbocycles. The molecule has 0 bridgehead atoms. The highest BCUT2D eigenvalue weighted by Crippen LogP contribution is 2.08. The van der Waals surface area contributed by atoms with E-state index in [1.807, 2.05) is 0 Å². The Balaban J connectivity index is 2.64. The van der Waals surface area contributed by atoms with Gasteiger partial charge in [0.15, 0.2) is 5.78 Å². The maximum Gasteiger partial charge on any atom is 0.255 e. The summed E-state index contributed by atoms with van der Waals surface area (Å²) in [4.78, 5) is 22.9. The predicted molar refractivity (Wildman–Crippen MR) is 55.7 cm³/mol. The fourth-order valence-corrected chi connectivity index (χ4v) is 1.28. The van der Waals surface area contributed by atoms with Crippen molar-refractivity contribution in [3.8, 4) is 0 Å². The van der Waals surface area contributed by atoms with Crippen molar-refractivity contribution in [2.75, 3.05) is 0 Å². The number of nitrogens with one attached hydrogen (secondary N) is 1. The molecule has 0 saturated heterocycles. The SMILES string of the molecule is CCC(=O)C(C)NC(=O)c1ccoc1C. The van der Waals surface area contributed by atoms with Crippen molar-refractivity contribution in [1.82, 2.24) is 5.32 Å². The summed E-state index contributed by atoms with van der Waals surface area (Å²) < 4.78 is 5.01. The van der Waals surface area contributed by atoms with E-state index >= 15 is 0 Å². The Morgan fingerprint density at radius 3 is 2.67 bits per heavy atom. The molecule has 15 heavy (non-hydrogen) atoms. The second-order valence-corrected chi connectivity index (χ2v) is 3.41. The van der Waals surface area contributed by atoms with Crippen molar-refractivity contribution in [1.29, 1.82) is 0 Å². The summed E-state index contributed by atoms with van der Waals surface area (Å²) in [6, 6.07) is 1.14. The molecule has 1 amide bonds. The topological polar surface area (TPSA) is 59.3 Å². The average Bonchev–Trinajstić information content (AvgIpc) is 2.63. The largest absolute Gasteiger partial charge is 0.469 e. The van der Waals surface area contributed by atoms with E-state index in [4.69, 9.17) is 4.42 Å². The lowest BCUT2D eigenvalue weighted by Gasteiger charge is -2.10. The van der Waals surface area contributed by atoms with Crippen molar-refractivity contribution in [3.05, 3.63) is 23.7 Å². The minimum Gasteiger partial charge on any atom is -0.469 e. The summed E-state index contributed by atoms with van der Waals surface area (Å²) in [5.41, 5.74) is 0.478. The maximum absolute atomic E-state index is 11.6. The Labute approximate surface area is 88.7 Å². The summed E-state index contributed by atoms with van der Waals surface area (Å²) in [5, 5.41) is 2.63. The van der Waals surface area contributed by atoms with Crippen molar-refractivity contribution >= 4 is 11.7 Å². The Morgan fingerprint density at radius 2 is 2.20 bits per heavy atom. The van der Waals surface area contributed by atoms with Gasteiger partial charge in [-0.2, -0.15) is 0 Å². The number of carbonyl (C=O) groups is 2. The number of aryl methyl sites for hydroxylation is 1. The van der Waals surface area contributed by atoms with Crippen LogP contribution in [0.15, 0.2) is 16.7 Å². The number of hydrogen-bond acceptors (Lipinski definition) is 3. The van der Waals surface area contributed by atoms with Gasteiger partial charge in [-0.25, -0.2) is 0 Å². The van der Waals surface area contributed by atoms with Crippen LogP contribution in [0.2, 0.25) is 0 Å². The van der Waals surface area contributed by atoms with Gasteiger partial charge in [0, 0.05) is 6.42 Å². The van der Waals surface area contributed by atoms with Crippen LogP contribution < -0.4 is 5.32 Å². The molecule has 0 spiro atoms. The molecule has 0 aliphatic carbocycles. The van der Waals surface area contributed by atoms with Gasteiger partial charge in [0.2, 0.25) is 0 Å². The lowest BCUT2D eigenvalue weighted by molar-refractivity contribution is -0.120. The van der Waals surface area contributed by atoms with Crippen molar-refractivity contribution < 1.29 is 14.0 Å². The molecule has 1 N–H and O–H groups in total. The Hall–Kier alpha value is -1.58. The highest BCUT2D eigenvalue weighted by molar-refractivity contribution is 5.98. The number of amides is 1. The van der Waals surface area contributed by atoms with Gasteiger partial charge in [-0.1, -0.05) is 6.92 Å². The van der Waals surface area contributed by atoms with Gasteiger partial charge >= 0.3 is 0 Å². The van der Waals surface area contributed by atoms with E-state index in [0.29, 0.717) is 17.7 Å². The summed E-state index contributed by atoms with van der Waals surface area (Å²) in [6.45, 7) is 5.16. The zero-order valence-corrected chi connectivity index (χ0v) is 9.16. The van der Waals surface area contributed by atoms with E-state index in [9.17, 15) is 9.59 Å². The van der Waals surface area contributed by atoms with Crippen LogP contribution in [0, 0.1) is 6.92 Å². The molecule has 1 unspecified atom stereocenters. The molecule has 0 fully saturated rings. The number of carbonyl (C=O) groups excluding carboxylic acids is 2. The van der Waals surface area contributed by atoms with Crippen LogP contribution in [0.3, 0.4) is 0 Å². The van der Waals surface area contributed by atoms with E-state index in [2.05, 4.69) is 5.32 Å². The summed E-state index contributed by atoms with van der Waals surface area (Å²) in [7, 11) is 0. The van der Waals surface area contributed by atoms with E-state index in [-0.39, 0.29) is 11.7 Å². The first-order valence-electron chi connectivity index (χ1n) is 4.94. The van der Waals surface area contributed by atoms with Gasteiger partial charge in [-0.15, -0.1) is 0 Å². The fraction of sp³-hybridized carbons (Fsp3) is 0.455. The summed E-state index contributed by atoms with van der Waals surface area (Å²) in [5.74, 6) is 0.309. The molecular formula is C11H15NO3. The third-order valence-electron chi connectivity index (χ3n) is 2.28. The fourth-order valence-electron chi connectivity index (χ4n) is 1.28. The molecule has 0 radical (unpaired) electrons. The molecule has 1 rings (SSSR count). The first kappa shape index (κ1) is 11.5. The van der Waals surface area contributed by atoms with Crippen LogP contribution in [0.25, 0.3) is 0 Å². The minimum atomic E-state index is -0.447. The number of rotatable bonds is 4. The van der Waals surface area contributed by atoms with Crippen molar-refractivity contribution in [2.45, 2.75) is 33.2 Å². The molecule has 0 saturated carbocycles. The molecule has 1 heterocycles. The van der Waals surface area contributed by atoms with Crippen LogP contribution >= 0.6 is 0 Å². The van der Waals surface area contributed by atoms with Gasteiger partial charge < -0.3 is 9.73 Å². The maximum atomic E-state index is 11.6. The molecule has 0 aliphatic heterocycles. The smallest absolute Gasteiger partial charge is 0.255 e. The number of furan rings is 1. The predicted octanol–water partition coefficient (Wildman–Crippen LogP) is 1.69. The third-order valence-corrected chi connectivity index (χ3v) is 2.28. The third kappa shape index (κ3) is 2.68. The first-order chi connectivity index (χ1) is 7.06. The average molecular weight is 209 g/mol. The Morgan fingerprint density at radius 1 is 1.53 bits per heavy atom. The van der Waals surface area contributed by atoms with Gasteiger partial charge in [0.25, 0.3) is 5.91 Å². The molecular weight excluding hydrogens is 194 g/mol. The molecule has 1 aromatic rings. The lowest BCUT2D eigenvalue weighted by Crippen LogP contribution is -2.38. The normalized spacial score (nSPS) is 12.2. The van der Waals surface area contributed by atoms with Crippen LogP contribution in [0.5, 0.6) is 0 Å². The van der Waals surface area contributed by atoms with Crippen LogP contribution in [-0.2, 0) is 4.79 Å². The number of hydrogen-bond donors (Lipinski definition) is 1. The van der Waals surface area contributed by atoms with E-state index in [0.717, 1.165) is 0 Å². The number of ketones is 1. The van der Waals surface area contributed by atoms with Gasteiger partial charge in [0.1, 0.15) is 5.76 Å². The Bertz CT molecular complexity index is 368. The Kier molecular flexibility index (Phi) is 3.66. The molecule has 0 aliphatic rings. The lowest BCUT2D eigenvalue weighted by atomic mass is 10.1. The zero-order chi connectivity index (χ0) is 11.4. The quantitative estimate of drug-likeness (QED) is 0.820. The second kappa shape index (κ2) is 4.77. The van der Waals surface area contributed by atoms with Crippen molar-refractivity contribution in [3.63, 3.8) is 0 Å². The zero-order valence-electron chi connectivity index (χ0n) is 9.16. The van der Waals surface area contributed by atoms with E-state index in [1.165, 1.54) is 6.26 Å². The minimum absolute atomic E-state index is 0.0181. The van der Waals surface area contributed by atoms with Gasteiger partial charge in [-0.05, 0) is 19.9 Å². The summed E-state index contributed by atoms with van der Waals surface area (Å²) >= 11 is 0. The monoisotopic (exact) mass is 209 g/mol. The van der Waals surface area contributed by atoms with Crippen LogP contribution in [0.1, 0.15) is 36.4 Å². The van der Waals surface area contributed by atoms with Crippen LogP contribution in [-0.4, -0.2) is 17.7 Å².